The van der Waals surface area contributed by atoms with Gasteiger partial charge < -0.3 is 14.4 Å². The summed E-state index contributed by atoms with van der Waals surface area (Å²) in [5, 5.41) is 10.1. The predicted octanol–water partition coefficient (Wildman–Crippen LogP) is 2.38. The second-order valence-corrected chi connectivity index (χ2v) is 5.32. The van der Waals surface area contributed by atoms with E-state index in [4.69, 9.17) is 4.74 Å². The average molecular weight is 273 g/mol. The van der Waals surface area contributed by atoms with Gasteiger partial charge in [-0.05, 0) is 32.9 Å². The van der Waals surface area contributed by atoms with Crippen molar-refractivity contribution < 1.29 is 9.84 Å². The third-order valence-corrected chi connectivity index (χ3v) is 3.23. The molecule has 1 heterocycles. The summed E-state index contributed by atoms with van der Waals surface area (Å²) >= 11 is 0. The first-order valence-electron chi connectivity index (χ1n) is 6.43. The van der Waals surface area contributed by atoms with E-state index in [1.807, 2.05) is 35.8 Å². The molecule has 2 aromatic rings. The van der Waals surface area contributed by atoms with Gasteiger partial charge in [0.15, 0.2) is 5.43 Å². The Morgan fingerprint density at radius 1 is 1.25 bits per heavy atom. The molecule has 0 aliphatic rings. The van der Waals surface area contributed by atoms with E-state index in [1.54, 1.807) is 27.2 Å². The van der Waals surface area contributed by atoms with Crippen LogP contribution in [0.25, 0.3) is 5.69 Å². The van der Waals surface area contributed by atoms with Gasteiger partial charge in [0, 0.05) is 35.3 Å². The Balaban J connectivity index is 2.65. The molecular formula is C16H19NO3. The summed E-state index contributed by atoms with van der Waals surface area (Å²) in [7, 11) is 1.61. The number of aryl methyl sites for hydroxylation is 1. The van der Waals surface area contributed by atoms with Crippen LogP contribution in [-0.4, -0.2) is 16.8 Å². The molecule has 0 aliphatic carbocycles. The maximum atomic E-state index is 12.0. The van der Waals surface area contributed by atoms with E-state index in [0.717, 1.165) is 17.1 Å². The minimum absolute atomic E-state index is 0.158. The first-order valence-corrected chi connectivity index (χ1v) is 6.43. The maximum Gasteiger partial charge on any atom is 0.187 e. The topological polar surface area (TPSA) is 51.5 Å². The molecule has 1 aromatic heterocycles. The molecule has 0 saturated heterocycles. The summed E-state index contributed by atoms with van der Waals surface area (Å²) in [4.78, 5) is 12.0. The Morgan fingerprint density at radius 2 is 1.95 bits per heavy atom. The summed E-state index contributed by atoms with van der Waals surface area (Å²) in [6, 6.07) is 9.08. The van der Waals surface area contributed by atoms with Crippen LogP contribution in [0.5, 0.6) is 5.75 Å². The third-order valence-electron chi connectivity index (χ3n) is 3.23. The van der Waals surface area contributed by atoms with Crippen molar-refractivity contribution in [3.8, 4) is 11.4 Å². The normalized spacial score (nSPS) is 11.4. The molecule has 0 radical (unpaired) electrons. The second kappa shape index (κ2) is 5.13. The molecule has 0 saturated carbocycles. The van der Waals surface area contributed by atoms with Crippen molar-refractivity contribution in [1.29, 1.82) is 0 Å². The van der Waals surface area contributed by atoms with Crippen LogP contribution in [0.1, 0.15) is 25.1 Å². The minimum Gasteiger partial charge on any atom is -0.497 e. The van der Waals surface area contributed by atoms with E-state index in [9.17, 15) is 9.90 Å². The van der Waals surface area contributed by atoms with Crippen LogP contribution in [-0.2, 0) is 5.60 Å². The van der Waals surface area contributed by atoms with Gasteiger partial charge in [0.05, 0.1) is 12.7 Å². The zero-order chi connectivity index (χ0) is 14.9. The van der Waals surface area contributed by atoms with Gasteiger partial charge in [-0.1, -0.05) is 6.07 Å². The smallest absolute Gasteiger partial charge is 0.187 e. The summed E-state index contributed by atoms with van der Waals surface area (Å²) < 4.78 is 7.09. The monoisotopic (exact) mass is 273 g/mol. The van der Waals surface area contributed by atoms with Gasteiger partial charge >= 0.3 is 0 Å². The van der Waals surface area contributed by atoms with Crippen LogP contribution >= 0.6 is 0 Å². The van der Waals surface area contributed by atoms with E-state index in [-0.39, 0.29) is 5.43 Å². The fraction of sp³-hybridized carbons (Fsp3) is 0.312. The van der Waals surface area contributed by atoms with Crippen molar-refractivity contribution in [2.45, 2.75) is 26.4 Å². The lowest BCUT2D eigenvalue weighted by Crippen LogP contribution is -2.27. The summed E-state index contributed by atoms with van der Waals surface area (Å²) in [6.07, 6.45) is 1.69. The molecule has 0 unspecified atom stereocenters. The van der Waals surface area contributed by atoms with E-state index in [2.05, 4.69) is 0 Å². The third kappa shape index (κ3) is 2.75. The van der Waals surface area contributed by atoms with Crippen LogP contribution in [0.3, 0.4) is 0 Å². The largest absolute Gasteiger partial charge is 0.497 e. The lowest BCUT2D eigenvalue weighted by atomic mass is 9.99. The van der Waals surface area contributed by atoms with Crippen molar-refractivity contribution in [3.05, 3.63) is 58.0 Å². The molecule has 106 valence electrons. The number of aromatic nitrogens is 1. The number of rotatable bonds is 3. The Bertz CT molecular complexity index is 681. The van der Waals surface area contributed by atoms with E-state index >= 15 is 0 Å². The first kappa shape index (κ1) is 14.3. The van der Waals surface area contributed by atoms with Crippen molar-refractivity contribution in [3.63, 3.8) is 0 Å². The standard InChI is InChI=1S/C16H19NO3/c1-11-8-15(18)14(16(2,3)19)10-17(11)12-6-5-7-13(9-12)20-4/h5-10,19H,1-4H3. The second-order valence-electron chi connectivity index (χ2n) is 5.32. The molecule has 20 heavy (non-hydrogen) atoms. The number of ether oxygens (including phenoxy) is 1. The Morgan fingerprint density at radius 3 is 2.55 bits per heavy atom. The van der Waals surface area contributed by atoms with Gasteiger partial charge in [-0.15, -0.1) is 0 Å². The molecule has 2 rings (SSSR count). The minimum atomic E-state index is -1.18. The molecule has 0 fully saturated rings. The van der Waals surface area contributed by atoms with E-state index in [1.165, 1.54) is 6.07 Å². The lowest BCUT2D eigenvalue weighted by Gasteiger charge is -2.20. The Labute approximate surface area is 118 Å². The van der Waals surface area contributed by atoms with Crippen molar-refractivity contribution >= 4 is 0 Å². The number of nitrogens with zero attached hydrogens (tertiary/aromatic N) is 1. The van der Waals surface area contributed by atoms with Crippen molar-refractivity contribution in [2.75, 3.05) is 7.11 Å². The molecule has 4 heteroatoms. The van der Waals surface area contributed by atoms with Gasteiger partial charge in [0.25, 0.3) is 0 Å². The van der Waals surface area contributed by atoms with Crippen LogP contribution in [0, 0.1) is 6.92 Å². The lowest BCUT2D eigenvalue weighted by molar-refractivity contribution is 0.0769. The maximum absolute atomic E-state index is 12.0. The molecule has 0 aliphatic heterocycles. The molecule has 1 N–H and O–H groups in total. The molecule has 0 bridgehead atoms. The highest BCUT2D eigenvalue weighted by atomic mass is 16.5. The van der Waals surface area contributed by atoms with Crippen LogP contribution in [0.4, 0.5) is 0 Å². The quantitative estimate of drug-likeness (QED) is 0.934. The molecule has 0 amide bonds. The predicted molar refractivity (Wildman–Crippen MR) is 78.6 cm³/mol. The molecule has 0 spiro atoms. The Hall–Kier alpha value is -2.07. The van der Waals surface area contributed by atoms with E-state index in [0.29, 0.717) is 5.56 Å². The highest BCUT2D eigenvalue weighted by Gasteiger charge is 2.21. The zero-order valence-corrected chi connectivity index (χ0v) is 12.2. The summed E-state index contributed by atoms with van der Waals surface area (Å²) in [5.74, 6) is 0.741. The first-order chi connectivity index (χ1) is 9.32. The van der Waals surface area contributed by atoms with Gasteiger partial charge in [0.2, 0.25) is 0 Å². The number of pyridine rings is 1. The fourth-order valence-corrected chi connectivity index (χ4v) is 2.13. The SMILES string of the molecule is COc1cccc(-n2cc(C(C)(C)O)c(=O)cc2C)c1. The number of hydrogen-bond donors (Lipinski definition) is 1. The Kier molecular flexibility index (Phi) is 3.68. The highest BCUT2D eigenvalue weighted by molar-refractivity contribution is 5.41. The van der Waals surface area contributed by atoms with Gasteiger partial charge in [-0.3, -0.25) is 4.79 Å². The zero-order valence-electron chi connectivity index (χ0n) is 12.2. The van der Waals surface area contributed by atoms with Gasteiger partial charge in [-0.2, -0.15) is 0 Å². The molecule has 0 atom stereocenters. The van der Waals surface area contributed by atoms with Crippen LogP contribution < -0.4 is 10.2 Å². The number of aliphatic hydroxyl groups is 1. The average Bonchev–Trinajstić information content (AvgIpc) is 2.37. The van der Waals surface area contributed by atoms with Crippen molar-refractivity contribution in [2.24, 2.45) is 0 Å². The fourth-order valence-electron chi connectivity index (χ4n) is 2.13. The van der Waals surface area contributed by atoms with Crippen LogP contribution in [0.15, 0.2) is 41.3 Å². The summed E-state index contributed by atoms with van der Waals surface area (Å²) in [6.45, 7) is 5.07. The highest BCUT2D eigenvalue weighted by Crippen LogP contribution is 2.21. The van der Waals surface area contributed by atoms with Gasteiger partial charge in [-0.25, -0.2) is 0 Å². The number of methoxy groups -OCH3 is 1. The van der Waals surface area contributed by atoms with Gasteiger partial charge in [0.1, 0.15) is 5.75 Å². The van der Waals surface area contributed by atoms with Crippen molar-refractivity contribution in [1.82, 2.24) is 4.57 Å². The van der Waals surface area contributed by atoms with Crippen LogP contribution in [0.2, 0.25) is 0 Å². The molecule has 4 nitrogen and oxygen atoms in total. The summed E-state index contributed by atoms with van der Waals surface area (Å²) in [5.41, 5.74) is 0.717. The molecular weight excluding hydrogens is 254 g/mol. The molecule has 1 aromatic carbocycles. The van der Waals surface area contributed by atoms with E-state index < -0.39 is 5.60 Å². The number of hydrogen-bond acceptors (Lipinski definition) is 3. The number of benzene rings is 1.